The van der Waals surface area contributed by atoms with Crippen LogP contribution >= 0.6 is 15.9 Å². The smallest absolute Gasteiger partial charge is 0.305 e. The Labute approximate surface area is 131 Å². The van der Waals surface area contributed by atoms with E-state index in [-0.39, 0.29) is 12.5 Å². The highest BCUT2D eigenvalue weighted by Crippen LogP contribution is 2.50. The summed E-state index contributed by atoms with van der Waals surface area (Å²) >= 11 is 3.52. The van der Waals surface area contributed by atoms with E-state index >= 15 is 0 Å². The number of methoxy groups -OCH3 is 3. The van der Waals surface area contributed by atoms with Crippen LogP contribution in [0.5, 0.6) is 17.2 Å². The lowest BCUT2D eigenvalue weighted by Gasteiger charge is -2.30. The quantitative estimate of drug-likeness (QED) is 0.838. The van der Waals surface area contributed by atoms with E-state index in [1.807, 2.05) is 0 Å². The number of hydrogen-bond acceptors (Lipinski definition) is 5. The number of carbonyl (C=O) groups is 1. The van der Waals surface area contributed by atoms with Gasteiger partial charge in [0.1, 0.15) is 0 Å². The van der Waals surface area contributed by atoms with E-state index in [9.17, 15) is 4.79 Å². The molecule has 0 saturated carbocycles. The minimum Gasteiger partial charge on any atom is -0.492 e. The van der Waals surface area contributed by atoms with Gasteiger partial charge in [-0.15, -0.1) is 0 Å². The molecule has 1 atom stereocenters. The van der Waals surface area contributed by atoms with Gasteiger partial charge in [-0.3, -0.25) is 4.79 Å². The molecule has 2 N–H and O–H groups in total. The van der Waals surface area contributed by atoms with Crippen LogP contribution in [0, 0.1) is 0 Å². The summed E-state index contributed by atoms with van der Waals surface area (Å²) in [6.07, 6.45) is 0.720. The second-order valence-corrected chi connectivity index (χ2v) is 5.45. The number of aliphatic carboxylic acids is 1. The molecule has 0 spiro atoms. The lowest BCUT2D eigenvalue weighted by Crippen LogP contribution is -2.32. The molecule has 21 heavy (non-hydrogen) atoms. The molecule has 0 radical (unpaired) electrons. The van der Waals surface area contributed by atoms with Crippen LogP contribution in [-0.2, 0) is 11.2 Å². The fourth-order valence-electron chi connectivity index (χ4n) is 2.73. The molecule has 116 valence electrons. The summed E-state index contributed by atoms with van der Waals surface area (Å²) in [6.45, 7) is 0.684. The van der Waals surface area contributed by atoms with E-state index in [2.05, 4.69) is 21.2 Å². The fourth-order valence-corrected chi connectivity index (χ4v) is 3.59. The Morgan fingerprint density at radius 2 is 1.86 bits per heavy atom. The molecule has 1 aromatic carbocycles. The molecule has 1 aliphatic heterocycles. The standard InChI is InChI=1S/C14H18BrNO5/c1-19-12-7-4-5-16-8(6-9(17)18)10(7)11(15)13(20-2)14(12)21-3/h8,16H,4-6H2,1-3H3,(H,17,18). The summed E-state index contributed by atoms with van der Waals surface area (Å²) in [5.41, 5.74) is 1.81. The van der Waals surface area contributed by atoms with Crippen molar-refractivity contribution in [2.24, 2.45) is 0 Å². The lowest BCUT2D eigenvalue weighted by atomic mass is 9.91. The molecule has 1 aliphatic rings. The van der Waals surface area contributed by atoms with Crippen molar-refractivity contribution in [1.29, 1.82) is 0 Å². The van der Waals surface area contributed by atoms with E-state index in [0.29, 0.717) is 28.3 Å². The third kappa shape index (κ3) is 2.80. The van der Waals surface area contributed by atoms with E-state index < -0.39 is 5.97 Å². The zero-order valence-corrected chi connectivity index (χ0v) is 13.7. The summed E-state index contributed by atoms with van der Waals surface area (Å²) in [5.74, 6) is 0.763. The first-order valence-electron chi connectivity index (χ1n) is 6.50. The van der Waals surface area contributed by atoms with Gasteiger partial charge < -0.3 is 24.6 Å². The van der Waals surface area contributed by atoms with Gasteiger partial charge in [0, 0.05) is 11.6 Å². The number of nitrogens with one attached hydrogen (secondary N) is 1. The normalized spacial score (nSPS) is 17.0. The third-order valence-electron chi connectivity index (χ3n) is 3.55. The van der Waals surface area contributed by atoms with E-state index in [4.69, 9.17) is 19.3 Å². The van der Waals surface area contributed by atoms with Crippen molar-refractivity contribution in [3.8, 4) is 17.2 Å². The van der Waals surface area contributed by atoms with Crippen LogP contribution in [0.3, 0.4) is 0 Å². The Bertz CT molecular complexity index is 561. The second-order valence-electron chi connectivity index (χ2n) is 4.66. The summed E-state index contributed by atoms with van der Waals surface area (Å²) in [4.78, 5) is 11.1. The van der Waals surface area contributed by atoms with Crippen LogP contribution in [0.25, 0.3) is 0 Å². The summed E-state index contributed by atoms with van der Waals surface area (Å²) in [5, 5.41) is 12.3. The van der Waals surface area contributed by atoms with Crippen LogP contribution in [-0.4, -0.2) is 38.9 Å². The maximum absolute atomic E-state index is 11.1. The van der Waals surface area contributed by atoms with Crippen molar-refractivity contribution in [1.82, 2.24) is 5.32 Å². The van der Waals surface area contributed by atoms with Gasteiger partial charge >= 0.3 is 5.97 Å². The second kappa shape index (κ2) is 6.53. The van der Waals surface area contributed by atoms with Crippen molar-refractivity contribution in [2.75, 3.05) is 27.9 Å². The number of ether oxygens (including phenoxy) is 3. The van der Waals surface area contributed by atoms with Crippen molar-refractivity contribution < 1.29 is 24.1 Å². The van der Waals surface area contributed by atoms with Gasteiger partial charge in [-0.25, -0.2) is 0 Å². The van der Waals surface area contributed by atoms with Gasteiger partial charge in [-0.05, 0) is 34.5 Å². The summed E-state index contributed by atoms with van der Waals surface area (Å²) < 4.78 is 17.0. The van der Waals surface area contributed by atoms with Gasteiger partial charge in [-0.2, -0.15) is 0 Å². The maximum atomic E-state index is 11.1. The van der Waals surface area contributed by atoms with Crippen LogP contribution in [0.1, 0.15) is 23.6 Å². The predicted molar refractivity (Wildman–Crippen MR) is 80.5 cm³/mol. The molecule has 1 heterocycles. The highest BCUT2D eigenvalue weighted by molar-refractivity contribution is 9.10. The SMILES string of the molecule is COc1c(Br)c2c(c(OC)c1OC)CCNC2CC(=O)O. The monoisotopic (exact) mass is 359 g/mol. The van der Waals surface area contributed by atoms with E-state index in [1.54, 1.807) is 14.2 Å². The Morgan fingerprint density at radius 3 is 2.38 bits per heavy atom. The van der Waals surface area contributed by atoms with Gasteiger partial charge in [-0.1, -0.05) is 0 Å². The Balaban J connectivity index is 2.68. The van der Waals surface area contributed by atoms with E-state index in [1.165, 1.54) is 7.11 Å². The first kappa shape index (κ1) is 15.9. The van der Waals surface area contributed by atoms with E-state index in [0.717, 1.165) is 17.5 Å². The Hall–Kier alpha value is -1.47. The van der Waals surface area contributed by atoms with Crippen LogP contribution < -0.4 is 19.5 Å². The molecule has 0 aromatic heterocycles. The summed E-state index contributed by atoms with van der Waals surface area (Å²) in [6, 6.07) is -0.297. The third-order valence-corrected chi connectivity index (χ3v) is 4.34. The minimum atomic E-state index is -0.860. The highest BCUT2D eigenvalue weighted by Gasteiger charge is 2.32. The topological polar surface area (TPSA) is 77.0 Å². The zero-order chi connectivity index (χ0) is 15.6. The molecule has 0 fully saturated rings. The number of fused-ring (bicyclic) bond motifs is 1. The number of halogens is 1. The zero-order valence-electron chi connectivity index (χ0n) is 12.2. The number of hydrogen-bond donors (Lipinski definition) is 2. The molecule has 0 amide bonds. The van der Waals surface area contributed by atoms with Crippen LogP contribution in [0.2, 0.25) is 0 Å². The van der Waals surface area contributed by atoms with Crippen molar-refractivity contribution >= 4 is 21.9 Å². The molecule has 6 nitrogen and oxygen atoms in total. The Morgan fingerprint density at radius 1 is 1.24 bits per heavy atom. The maximum Gasteiger partial charge on any atom is 0.305 e. The molecule has 1 aromatic rings. The summed E-state index contributed by atoms with van der Waals surface area (Å²) in [7, 11) is 4.66. The highest BCUT2D eigenvalue weighted by atomic mass is 79.9. The lowest BCUT2D eigenvalue weighted by molar-refractivity contribution is -0.137. The Kier molecular flexibility index (Phi) is 4.95. The van der Waals surface area contributed by atoms with Gasteiger partial charge in [0.05, 0.1) is 32.2 Å². The molecular weight excluding hydrogens is 342 g/mol. The number of benzene rings is 1. The molecule has 7 heteroatoms. The van der Waals surface area contributed by atoms with Gasteiger partial charge in [0.15, 0.2) is 11.5 Å². The number of carboxylic acid groups (broad SMARTS) is 1. The number of rotatable bonds is 5. The molecule has 2 rings (SSSR count). The van der Waals surface area contributed by atoms with Gasteiger partial charge in [0.25, 0.3) is 0 Å². The van der Waals surface area contributed by atoms with Crippen molar-refractivity contribution in [3.63, 3.8) is 0 Å². The minimum absolute atomic E-state index is 0.00969. The first-order valence-corrected chi connectivity index (χ1v) is 7.29. The molecule has 1 unspecified atom stereocenters. The molecular formula is C14H18BrNO5. The average Bonchev–Trinajstić information content (AvgIpc) is 2.46. The van der Waals surface area contributed by atoms with Crippen LogP contribution in [0.4, 0.5) is 0 Å². The fraction of sp³-hybridized carbons (Fsp3) is 0.500. The number of carboxylic acids is 1. The van der Waals surface area contributed by atoms with Gasteiger partial charge in [0.2, 0.25) is 5.75 Å². The molecule has 0 bridgehead atoms. The largest absolute Gasteiger partial charge is 0.492 e. The average molecular weight is 360 g/mol. The van der Waals surface area contributed by atoms with Crippen LogP contribution in [0.15, 0.2) is 4.47 Å². The molecule has 0 saturated heterocycles. The van der Waals surface area contributed by atoms with Crippen molar-refractivity contribution in [2.45, 2.75) is 18.9 Å². The molecule has 0 aliphatic carbocycles. The van der Waals surface area contributed by atoms with Crippen molar-refractivity contribution in [3.05, 3.63) is 15.6 Å². The first-order chi connectivity index (χ1) is 10.0. The predicted octanol–water partition coefficient (Wildman–Crippen LogP) is 2.14.